The molecule has 2 atom stereocenters. The van der Waals surface area contributed by atoms with Crippen LogP contribution in [0.5, 0.6) is 5.75 Å². The topological polar surface area (TPSA) is 58.7 Å². The molecule has 0 fully saturated rings. The van der Waals surface area contributed by atoms with Crippen LogP contribution in [0.1, 0.15) is 18.6 Å². The van der Waals surface area contributed by atoms with Crippen molar-refractivity contribution in [2.24, 2.45) is 5.73 Å². The summed E-state index contributed by atoms with van der Waals surface area (Å²) in [4.78, 5) is 2.17. The first-order valence-corrected chi connectivity index (χ1v) is 7.19. The Balaban J connectivity index is 2.62. The molecule has 0 amide bonds. The predicted molar refractivity (Wildman–Crippen MR) is 87.4 cm³/mol. The lowest BCUT2D eigenvalue weighted by Gasteiger charge is -2.21. The molecule has 0 radical (unpaired) electrons. The van der Waals surface area contributed by atoms with Crippen LogP contribution < -0.4 is 10.5 Å². The zero-order valence-electron chi connectivity index (χ0n) is 12.7. The van der Waals surface area contributed by atoms with Gasteiger partial charge in [-0.05, 0) is 13.0 Å². The van der Waals surface area contributed by atoms with E-state index in [4.69, 9.17) is 10.5 Å². The summed E-state index contributed by atoms with van der Waals surface area (Å²) in [5.74, 6) is 0.680. The average Bonchev–Trinajstić information content (AvgIpc) is 2.47. The molecule has 1 aromatic carbocycles. The lowest BCUT2D eigenvalue weighted by molar-refractivity contribution is 0.146. The molecule has 0 heterocycles. The van der Waals surface area contributed by atoms with Gasteiger partial charge in [-0.3, -0.25) is 4.90 Å². The van der Waals surface area contributed by atoms with Crippen molar-refractivity contribution in [1.29, 1.82) is 0 Å². The zero-order chi connectivity index (χ0) is 15.7. The quantitative estimate of drug-likeness (QED) is 0.648. The van der Waals surface area contributed by atoms with Gasteiger partial charge in [0.15, 0.2) is 0 Å². The van der Waals surface area contributed by atoms with E-state index in [0.717, 1.165) is 25.2 Å². The average molecular weight is 290 g/mol. The number of nitrogens with zero attached hydrogens (tertiary/aromatic N) is 1. The number of aliphatic hydroxyl groups excluding tert-OH is 1. The molecule has 3 N–H and O–H groups in total. The maximum Gasteiger partial charge on any atom is 0.125 e. The summed E-state index contributed by atoms with van der Waals surface area (Å²) in [5.41, 5.74) is 6.49. The summed E-state index contributed by atoms with van der Waals surface area (Å²) in [6.07, 6.45) is 2.99. The number of ether oxygens (including phenoxy) is 1. The highest BCUT2D eigenvalue weighted by atomic mass is 16.5. The highest BCUT2D eigenvalue weighted by molar-refractivity contribution is 5.35. The zero-order valence-corrected chi connectivity index (χ0v) is 12.7. The second-order valence-electron chi connectivity index (χ2n) is 5.03. The third-order valence-electron chi connectivity index (χ3n) is 3.18. The van der Waals surface area contributed by atoms with Crippen molar-refractivity contribution in [3.8, 4) is 5.75 Å². The molecular formula is C17H26N2O2. The second kappa shape index (κ2) is 9.34. The van der Waals surface area contributed by atoms with E-state index >= 15 is 0 Å². The molecule has 0 bridgehead atoms. The number of benzene rings is 1. The van der Waals surface area contributed by atoms with Crippen LogP contribution in [0.4, 0.5) is 0 Å². The van der Waals surface area contributed by atoms with E-state index in [-0.39, 0.29) is 6.04 Å². The van der Waals surface area contributed by atoms with Gasteiger partial charge in [0, 0.05) is 31.2 Å². The smallest absolute Gasteiger partial charge is 0.125 e. The second-order valence-corrected chi connectivity index (χ2v) is 5.03. The highest BCUT2D eigenvalue weighted by Gasteiger charge is 2.16. The van der Waals surface area contributed by atoms with E-state index in [9.17, 15) is 5.11 Å². The Kier molecular flexibility index (Phi) is 7.75. The third kappa shape index (κ3) is 5.71. The lowest BCUT2D eigenvalue weighted by Crippen LogP contribution is -2.29. The summed E-state index contributed by atoms with van der Waals surface area (Å²) in [6, 6.07) is 7.11. The van der Waals surface area contributed by atoms with Gasteiger partial charge in [-0.25, -0.2) is 0 Å². The number of hydrogen-bond donors (Lipinski definition) is 2. The summed E-state index contributed by atoms with van der Waals surface area (Å²) < 4.78 is 5.81. The fourth-order valence-electron chi connectivity index (χ4n) is 2.05. The Hall–Kier alpha value is -1.62. The molecule has 4 heteroatoms. The number of hydrogen-bond acceptors (Lipinski definition) is 4. The molecule has 0 aliphatic heterocycles. The fraction of sp³-hybridized carbons (Fsp3) is 0.412. The van der Waals surface area contributed by atoms with Crippen molar-refractivity contribution in [2.75, 3.05) is 26.2 Å². The number of rotatable bonds is 10. The lowest BCUT2D eigenvalue weighted by atomic mass is 10.0. The van der Waals surface area contributed by atoms with Crippen molar-refractivity contribution < 1.29 is 9.84 Å². The normalized spacial score (nSPS) is 13.7. The van der Waals surface area contributed by atoms with Crippen molar-refractivity contribution >= 4 is 0 Å². The Morgan fingerprint density at radius 2 is 1.90 bits per heavy atom. The highest BCUT2D eigenvalue weighted by Crippen LogP contribution is 2.26. The molecule has 0 spiro atoms. The monoisotopic (exact) mass is 290 g/mol. The molecule has 116 valence electrons. The Labute approximate surface area is 127 Å². The minimum absolute atomic E-state index is 0.340. The van der Waals surface area contributed by atoms with Crippen molar-refractivity contribution in [2.45, 2.75) is 19.1 Å². The van der Waals surface area contributed by atoms with Crippen LogP contribution in [0.2, 0.25) is 0 Å². The van der Waals surface area contributed by atoms with E-state index in [2.05, 4.69) is 18.1 Å². The van der Waals surface area contributed by atoms with Crippen LogP contribution >= 0.6 is 0 Å². The molecule has 0 aromatic heterocycles. The van der Waals surface area contributed by atoms with E-state index < -0.39 is 6.10 Å². The molecule has 0 saturated heterocycles. The maximum absolute atomic E-state index is 10.1. The summed E-state index contributed by atoms with van der Waals surface area (Å²) in [5, 5.41) is 10.1. The summed E-state index contributed by atoms with van der Waals surface area (Å²) in [7, 11) is 0. The minimum Gasteiger partial charge on any atom is -0.492 e. The fourth-order valence-corrected chi connectivity index (χ4v) is 2.05. The predicted octanol–water partition coefficient (Wildman–Crippen LogP) is 2.12. The number of nitrogens with two attached hydrogens (primary N) is 1. The number of aliphatic hydroxyl groups is 1. The van der Waals surface area contributed by atoms with E-state index in [0.29, 0.717) is 12.4 Å². The van der Waals surface area contributed by atoms with Crippen LogP contribution in [-0.4, -0.2) is 42.3 Å². The van der Waals surface area contributed by atoms with Crippen molar-refractivity contribution in [3.63, 3.8) is 0 Å². The molecule has 2 unspecified atom stereocenters. The van der Waals surface area contributed by atoms with Gasteiger partial charge in [0.05, 0.1) is 6.10 Å². The first-order chi connectivity index (χ1) is 10.1. The van der Waals surface area contributed by atoms with Gasteiger partial charge in [-0.1, -0.05) is 30.4 Å². The van der Waals surface area contributed by atoms with Crippen LogP contribution in [0.25, 0.3) is 0 Å². The molecular weight excluding hydrogens is 264 g/mol. The Bertz CT molecular complexity index is 436. The van der Waals surface area contributed by atoms with E-state index in [1.807, 2.05) is 36.4 Å². The van der Waals surface area contributed by atoms with Crippen molar-refractivity contribution in [3.05, 3.63) is 55.1 Å². The standard InChI is InChI=1S/C17H26N2O2/c1-4-10-19(11-5-2)12-13-21-16-9-7-6-8-15(16)17(20)14(3)18/h4-9,14,17,20H,1-2,10-13,18H2,3H3. The van der Waals surface area contributed by atoms with Gasteiger partial charge in [0.2, 0.25) is 0 Å². The largest absolute Gasteiger partial charge is 0.492 e. The van der Waals surface area contributed by atoms with E-state index in [1.54, 1.807) is 6.92 Å². The van der Waals surface area contributed by atoms with Crippen LogP contribution in [0, 0.1) is 0 Å². The van der Waals surface area contributed by atoms with Gasteiger partial charge in [-0.15, -0.1) is 13.2 Å². The van der Waals surface area contributed by atoms with Gasteiger partial charge in [0.1, 0.15) is 12.4 Å². The molecule has 4 nitrogen and oxygen atoms in total. The van der Waals surface area contributed by atoms with Gasteiger partial charge in [-0.2, -0.15) is 0 Å². The van der Waals surface area contributed by atoms with Crippen LogP contribution in [0.15, 0.2) is 49.6 Å². The molecule has 0 saturated carbocycles. The van der Waals surface area contributed by atoms with Crippen LogP contribution in [0.3, 0.4) is 0 Å². The minimum atomic E-state index is -0.723. The first kappa shape index (κ1) is 17.4. The maximum atomic E-state index is 10.1. The molecule has 1 aromatic rings. The molecule has 0 aliphatic rings. The molecule has 21 heavy (non-hydrogen) atoms. The van der Waals surface area contributed by atoms with E-state index in [1.165, 1.54) is 0 Å². The van der Waals surface area contributed by atoms with Crippen molar-refractivity contribution in [1.82, 2.24) is 4.90 Å². The van der Waals surface area contributed by atoms with Gasteiger partial charge in [0.25, 0.3) is 0 Å². The Morgan fingerprint density at radius 1 is 1.29 bits per heavy atom. The number of para-hydroxylation sites is 1. The van der Waals surface area contributed by atoms with Crippen LogP contribution in [-0.2, 0) is 0 Å². The third-order valence-corrected chi connectivity index (χ3v) is 3.18. The summed E-state index contributed by atoms with van der Waals surface area (Å²) in [6.45, 7) is 12.1. The van der Waals surface area contributed by atoms with Gasteiger partial charge >= 0.3 is 0 Å². The Morgan fingerprint density at radius 3 is 2.48 bits per heavy atom. The first-order valence-electron chi connectivity index (χ1n) is 7.19. The SMILES string of the molecule is C=CCN(CC=C)CCOc1ccccc1C(O)C(C)N. The molecule has 0 aliphatic carbocycles. The molecule has 1 rings (SSSR count). The summed E-state index contributed by atoms with van der Waals surface area (Å²) >= 11 is 0. The van der Waals surface area contributed by atoms with Gasteiger partial charge < -0.3 is 15.6 Å².